The Morgan fingerprint density at radius 2 is 2.32 bits per heavy atom. The number of amides is 1. The fourth-order valence-corrected chi connectivity index (χ4v) is 1.93. The Morgan fingerprint density at radius 1 is 1.58 bits per heavy atom. The summed E-state index contributed by atoms with van der Waals surface area (Å²) in [6.07, 6.45) is 4.06. The number of rotatable bonds is 6. The third-order valence-corrected chi connectivity index (χ3v) is 3.44. The third-order valence-electron chi connectivity index (χ3n) is 3.20. The van der Waals surface area contributed by atoms with Crippen molar-refractivity contribution in [2.45, 2.75) is 18.9 Å². The van der Waals surface area contributed by atoms with Crippen molar-refractivity contribution >= 4 is 23.1 Å². The summed E-state index contributed by atoms with van der Waals surface area (Å²) in [6.45, 7) is 1.49. The molecule has 0 unspecified atom stereocenters. The Bertz CT molecular complexity index is 470. The molecular formula is C13H18N4OS. The van der Waals surface area contributed by atoms with Crippen molar-refractivity contribution in [3.63, 3.8) is 0 Å². The second-order valence-corrected chi connectivity index (χ2v) is 5.20. The number of carbonyl (C=O) groups is 1. The molecule has 1 heterocycles. The molecule has 1 saturated carbocycles. The summed E-state index contributed by atoms with van der Waals surface area (Å²) in [5, 5.41) is 2.85. The van der Waals surface area contributed by atoms with Crippen LogP contribution in [0.2, 0.25) is 0 Å². The first-order valence-electron chi connectivity index (χ1n) is 6.32. The van der Waals surface area contributed by atoms with Gasteiger partial charge >= 0.3 is 0 Å². The van der Waals surface area contributed by atoms with E-state index in [0.717, 1.165) is 6.54 Å². The van der Waals surface area contributed by atoms with Crippen molar-refractivity contribution in [3.8, 4) is 0 Å². The molecule has 19 heavy (non-hydrogen) atoms. The van der Waals surface area contributed by atoms with E-state index in [9.17, 15) is 4.79 Å². The van der Waals surface area contributed by atoms with Crippen molar-refractivity contribution in [3.05, 3.63) is 29.6 Å². The molecular weight excluding hydrogens is 260 g/mol. The SMILES string of the molecule is CN(CCNC(=O)c1ccc(C(N)=S)cn1)C1CC1. The number of pyridine rings is 1. The van der Waals surface area contributed by atoms with Gasteiger partial charge in [-0.15, -0.1) is 0 Å². The number of nitrogens with two attached hydrogens (primary N) is 1. The van der Waals surface area contributed by atoms with Crippen LogP contribution in [0.25, 0.3) is 0 Å². The zero-order chi connectivity index (χ0) is 13.8. The Kier molecular flexibility index (Phi) is 4.44. The summed E-state index contributed by atoms with van der Waals surface area (Å²) in [6, 6.07) is 4.05. The van der Waals surface area contributed by atoms with Gasteiger partial charge in [0, 0.05) is 30.9 Å². The normalized spacial score (nSPS) is 14.4. The van der Waals surface area contributed by atoms with Crippen LogP contribution in [0.1, 0.15) is 28.9 Å². The van der Waals surface area contributed by atoms with E-state index in [1.165, 1.54) is 19.0 Å². The number of nitrogens with zero attached hydrogens (tertiary/aromatic N) is 2. The highest BCUT2D eigenvalue weighted by Gasteiger charge is 2.25. The monoisotopic (exact) mass is 278 g/mol. The predicted molar refractivity (Wildman–Crippen MR) is 78.1 cm³/mol. The molecule has 0 aromatic carbocycles. The van der Waals surface area contributed by atoms with E-state index < -0.39 is 0 Å². The molecule has 0 aliphatic heterocycles. The second-order valence-electron chi connectivity index (χ2n) is 4.76. The molecule has 1 fully saturated rings. The Balaban J connectivity index is 1.80. The lowest BCUT2D eigenvalue weighted by Crippen LogP contribution is -2.34. The van der Waals surface area contributed by atoms with Gasteiger partial charge in [0.1, 0.15) is 10.7 Å². The number of nitrogens with one attached hydrogen (secondary N) is 1. The van der Waals surface area contributed by atoms with Gasteiger partial charge in [0.05, 0.1) is 0 Å². The van der Waals surface area contributed by atoms with Crippen molar-refractivity contribution in [2.24, 2.45) is 5.73 Å². The first-order chi connectivity index (χ1) is 9.08. The average molecular weight is 278 g/mol. The molecule has 2 rings (SSSR count). The van der Waals surface area contributed by atoms with E-state index in [-0.39, 0.29) is 10.9 Å². The molecule has 1 aliphatic carbocycles. The first-order valence-corrected chi connectivity index (χ1v) is 6.73. The summed E-state index contributed by atoms with van der Waals surface area (Å²) >= 11 is 4.83. The van der Waals surface area contributed by atoms with Gasteiger partial charge in [-0.05, 0) is 32.0 Å². The summed E-state index contributed by atoms with van der Waals surface area (Å²) in [7, 11) is 2.08. The van der Waals surface area contributed by atoms with Gasteiger partial charge in [0.25, 0.3) is 5.91 Å². The highest BCUT2D eigenvalue weighted by molar-refractivity contribution is 7.80. The Labute approximate surface area is 118 Å². The van der Waals surface area contributed by atoms with E-state index in [0.29, 0.717) is 23.8 Å². The van der Waals surface area contributed by atoms with Crippen LogP contribution < -0.4 is 11.1 Å². The molecule has 0 saturated heterocycles. The predicted octanol–water partition coefficient (Wildman–Crippen LogP) is 0.540. The van der Waals surface area contributed by atoms with Crippen LogP contribution in [0.4, 0.5) is 0 Å². The van der Waals surface area contributed by atoms with Crippen LogP contribution in [0.3, 0.4) is 0 Å². The maximum absolute atomic E-state index is 11.8. The van der Waals surface area contributed by atoms with Crippen LogP contribution in [0.15, 0.2) is 18.3 Å². The number of aromatic nitrogens is 1. The van der Waals surface area contributed by atoms with Crippen molar-refractivity contribution < 1.29 is 4.79 Å². The van der Waals surface area contributed by atoms with Crippen LogP contribution in [-0.2, 0) is 0 Å². The molecule has 102 valence electrons. The molecule has 0 spiro atoms. The lowest BCUT2D eigenvalue weighted by atomic mass is 10.2. The standard InChI is InChI=1S/C13H18N4OS/c1-17(10-3-4-10)7-6-15-13(18)11-5-2-9(8-16-11)12(14)19/h2,5,8,10H,3-4,6-7H2,1H3,(H2,14,19)(H,15,18). The zero-order valence-electron chi connectivity index (χ0n) is 10.9. The molecule has 0 radical (unpaired) electrons. The number of likely N-dealkylation sites (N-methyl/N-ethyl adjacent to an activating group) is 1. The Hall–Kier alpha value is -1.53. The van der Waals surface area contributed by atoms with Gasteiger partial charge in [-0.25, -0.2) is 0 Å². The van der Waals surface area contributed by atoms with Crippen molar-refractivity contribution in [2.75, 3.05) is 20.1 Å². The smallest absolute Gasteiger partial charge is 0.269 e. The minimum Gasteiger partial charge on any atom is -0.389 e. The van der Waals surface area contributed by atoms with Gasteiger partial charge in [-0.3, -0.25) is 9.78 Å². The number of thiocarbonyl (C=S) groups is 1. The summed E-state index contributed by atoms with van der Waals surface area (Å²) < 4.78 is 0. The van der Waals surface area contributed by atoms with Crippen LogP contribution in [0.5, 0.6) is 0 Å². The number of hydrogen-bond acceptors (Lipinski definition) is 4. The van der Waals surface area contributed by atoms with E-state index in [1.54, 1.807) is 12.1 Å². The fourth-order valence-electron chi connectivity index (χ4n) is 1.81. The maximum Gasteiger partial charge on any atom is 0.269 e. The lowest BCUT2D eigenvalue weighted by Gasteiger charge is -2.15. The van der Waals surface area contributed by atoms with Crippen LogP contribution >= 0.6 is 12.2 Å². The highest BCUT2D eigenvalue weighted by Crippen LogP contribution is 2.24. The second kappa shape index (κ2) is 6.08. The van der Waals surface area contributed by atoms with Crippen molar-refractivity contribution in [1.29, 1.82) is 0 Å². The van der Waals surface area contributed by atoms with Crippen LogP contribution in [-0.4, -0.2) is 47.0 Å². The fraction of sp³-hybridized carbons (Fsp3) is 0.462. The van der Waals surface area contributed by atoms with E-state index in [2.05, 4.69) is 22.2 Å². The minimum absolute atomic E-state index is 0.168. The number of hydrogen-bond donors (Lipinski definition) is 2. The minimum atomic E-state index is -0.168. The van der Waals surface area contributed by atoms with Gasteiger partial charge < -0.3 is 16.0 Å². The van der Waals surface area contributed by atoms with E-state index in [4.69, 9.17) is 18.0 Å². The number of carbonyl (C=O) groups excluding carboxylic acids is 1. The Morgan fingerprint density at radius 3 is 2.84 bits per heavy atom. The molecule has 1 amide bonds. The lowest BCUT2D eigenvalue weighted by molar-refractivity contribution is 0.0944. The van der Waals surface area contributed by atoms with E-state index in [1.807, 2.05) is 0 Å². The molecule has 6 heteroatoms. The highest BCUT2D eigenvalue weighted by atomic mass is 32.1. The topological polar surface area (TPSA) is 71.2 Å². The van der Waals surface area contributed by atoms with Crippen LogP contribution in [0, 0.1) is 0 Å². The molecule has 1 aromatic rings. The molecule has 1 aromatic heterocycles. The molecule has 0 atom stereocenters. The first kappa shape index (κ1) is 13.9. The summed E-state index contributed by atoms with van der Waals surface area (Å²) in [5.74, 6) is -0.168. The van der Waals surface area contributed by atoms with Crippen molar-refractivity contribution in [1.82, 2.24) is 15.2 Å². The van der Waals surface area contributed by atoms with E-state index >= 15 is 0 Å². The molecule has 5 nitrogen and oxygen atoms in total. The average Bonchev–Trinajstić information content (AvgIpc) is 3.23. The summed E-state index contributed by atoms with van der Waals surface area (Å²) in [5.41, 5.74) is 6.52. The summed E-state index contributed by atoms with van der Waals surface area (Å²) in [4.78, 5) is 18.4. The maximum atomic E-state index is 11.8. The molecule has 1 aliphatic rings. The zero-order valence-corrected chi connectivity index (χ0v) is 11.7. The largest absolute Gasteiger partial charge is 0.389 e. The molecule has 0 bridgehead atoms. The van der Waals surface area contributed by atoms with Gasteiger partial charge in [-0.1, -0.05) is 12.2 Å². The third kappa shape index (κ3) is 3.97. The van der Waals surface area contributed by atoms with Gasteiger partial charge in [0.15, 0.2) is 0 Å². The quantitative estimate of drug-likeness (QED) is 0.743. The van der Waals surface area contributed by atoms with Gasteiger partial charge in [0.2, 0.25) is 0 Å². The molecule has 3 N–H and O–H groups in total. The van der Waals surface area contributed by atoms with Gasteiger partial charge in [-0.2, -0.15) is 0 Å².